The summed E-state index contributed by atoms with van der Waals surface area (Å²) in [6, 6.07) is 4.91. The zero-order chi connectivity index (χ0) is 19.8. The van der Waals surface area contributed by atoms with Crippen molar-refractivity contribution in [2.75, 3.05) is 41.5 Å². The normalized spacial score (nSPS) is 29.0. The molecule has 2 bridgehead atoms. The Balaban J connectivity index is 1.47. The molecule has 3 atom stereocenters. The Morgan fingerprint density at radius 3 is 2.71 bits per heavy atom. The van der Waals surface area contributed by atoms with E-state index in [1.165, 1.54) is 18.1 Å². The average molecular weight is 411 g/mol. The molecule has 4 rings (SSSR count). The molecule has 152 valence electrons. The number of nitrogens with one attached hydrogen (secondary N) is 1. The summed E-state index contributed by atoms with van der Waals surface area (Å²) in [5, 5.41) is 2.48. The van der Waals surface area contributed by atoms with Crippen LogP contribution in [0.5, 0.6) is 0 Å². The molecule has 2 amide bonds. The van der Waals surface area contributed by atoms with Gasteiger partial charge in [-0.1, -0.05) is 0 Å². The predicted octanol–water partition coefficient (Wildman–Crippen LogP) is 1.61. The molecule has 0 radical (unpaired) electrons. The second kappa shape index (κ2) is 7.57. The third kappa shape index (κ3) is 3.52. The summed E-state index contributed by atoms with van der Waals surface area (Å²) in [7, 11) is 0.416. The number of anilines is 2. The Morgan fingerprint density at radius 2 is 2.07 bits per heavy atom. The number of nitrogens with zero attached hydrogens (tertiary/aromatic N) is 2. The molecule has 28 heavy (non-hydrogen) atoms. The fourth-order valence-corrected chi connectivity index (χ4v) is 5.81. The van der Waals surface area contributed by atoms with Crippen LogP contribution < -0.4 is 15.1 Å². The molecule has 8 nitrogen and oxygen atoms in total. The second-order valence-electron chi connectivity index (χ2n) is 7.19. The van der Waals surface area contributed by atoms with Gasteiger partial charge in [-0.2, -0.15) is 0 Å². The number of methoxy groups -OCH3 is 1. The second-order valence-corrected chi connectivity index (χ2v) is 8.74. The third-order valence-electron chi connectivity index (χ3n) is 5.43. The minimum atomic E-state index is -0.833. The molecule has 0 aromatic heterocycles. The summed E-state index contributed by atoms with van der Waals surface area (Å²) in [5.41, 5.74) is 0.893. The highest BCUT2D eigenvalue weighted by Crippen LogP contribution is 2.37. The number of fused-ring (bicyclic) bond motifs is 2. The van der Waals surface area contributed by atoms with Gasteiger partial charge in [0, 0.05) is 34.4 Å². The van der Waals surface area contributed by atoms with Gasteiger partial charge in [0.1, 0.15) is 11.9 Å². The van der Waals surface area contributed by atoms with Gasteiger partial charge in [-0.3, -0.25) is 9.11 Å². The van der Waals surface area contributed by atoms with Gasteiger partial charge in [0.2, 0.25) is 0 Å². The standard InChI is InChI=1S/C18H22FN3O5S/c1-26-17(23)20-7-14-8-21(18(24)27-14)11-4-5-16(15(19)6-11)22-12-2-3-13(22)10-28(25)9-12/h4-6,12-14H,2-3,7-10H2,1H3,(H,20,23)/t12?,13?,14-,28?/m0/s1. The lowest BCUT2D eigenvalue weighted by atomic mass is 10.2. The molecule has 1 aromatic carbocycles. The summed E-state index contributed by atoms with van der Waals surface area (Å²) in [4.78, 5) is 26.7. The number of benzene rings is 1. The number of carbonyl (C=O) groups excluding carboxylic acids is 2. The third-order valence-corrected chi connectivity index (χ3v) is 6.94. The average Bonchev–Trinajstić information content (AvgIpc) is 3.16. The maximum Gasteiger partial charge on any atom is 0.414 e. The number of halogens is 1. The first-order chi connectivity index (χ1) is 13.5. The van der Waals surface area contributed by atoms with Crippen molar-refractivity contribution in [3.63, 3.8) is 0 Å². The topological polar surface area (TPSA) is 88.2 Å². The number of cyclic esters (lactones) is 1. The molecule has 0 spiro atoms. The number of amides is 2. The monoisotopic (exact) mass is 411 g/mol. The van der Waals surface area contributed by atoms with Crippen LogP contribution in [0.4, 0.5) is 25.4 Å². The van der Waals surface area contributed by atoms with Gasteiger partial charge in [-0.25, -0.2) is 14.0 Å². The molecule has 1 N–H and O–H groups in total. The molecule has 3 aliphatic rings. The highest BCUT2D eigenvalue weighted by molar-refractivity contribution is 7.85. The summed E-state index contributed by atoms with van der Waals surface area (Å²) in [6.07, 6.45) is 0.108. The van der Waals surface area contributed by atoms with Crippen molar-refractivity contribution < 1.29 is 27.7 Å². The Labute approximate surface area is 164 Å². The largest absolute Gasteiger partial charge is 0.453 e. The lowest BCUT2D eigenvalue weighted by Crippen LogP contribution is -2.47. The first kappa shape index (κ1) is 19.0. The van der Waals surface area contributed by atoms with E-state index in [9.17, 15) is 18.2 Å². The molecular formula is C18H22FN3O5S. The number of carbonyl (C=O) groups is 2. The Hall–Kier alpha value is -2.36. The molecule has 0 saturated carbocycles. The number of hydrogen-bond acceptors (Lipinski definition) is 6. The minimum absolute atomic E-state index is 0.102. The van der Waals surface area contributed by atoms with E-state index in [1.807, 2.05) is 4.90 Å². The van der Waals surface area contributed by atoms with Gasteiger partial charge in [-0.05, 0) is 31.0 Å². The summed E-state index contributed by atoms with van der Waals surface area (Å²) in [5.74, 6) is 0.738. The van der Waals surface area contributed by atoms with E-state index in [1.54, 1.807) is 12.1 Å². The van der Waals surface area contributed by atoms with Crippen LogP contribution in [0.3, 0.4) is 0 Å². The van der Waals surface area contributed by atoms with E-state index < -0.39 is 34.9 Å². The quantitative estimate of drug-likeness (QED) is 0.810. The SMILES string of the molecule is COC(=O)NC[C@H]1CN(c2ccc(N3C4CCC3CS(=O)C4)c(F)c2)C(=O)O1. The predicted molar refractivity (Wildman–Crippen MR) is 102 cm³/mol. The van der Waals surface area contributed by atoms with Gasteiger partial charge in [0.25, 0.3) is 0 Å². The fraction of sp³-hybridized carbons (Fsp3) is 0.556. The first-order valence-electron chi connectivity index (χ1n) is 9.19. The van der Waals surface area contributed by atoms with Crippen LogP contribution in [-0.4, -0.2) is 66.3 Å². The van der Waals surface area contributed by atoms with Crippen molar-refractivity contribution in [2.45, 2.75) is 31.0 Å². The van der Waals surface area contributed by atoms with E-state index in [4.69, 9.17) is 4.74 Å². The molecule has 0 aliphatic carbocycles. The van der Waals surface area contributed by atoms with Crippen LogP contribution >= 0.6 is 0 Å². The van der Waals surface area contributed by atoms with E-state index in [0.29, 0.717) is 22.9 Å². The van der Waals surface area contributed by atoms with Crippen LogP contribution in [0.15, 0.2) is 18.2 Å². The number of alkyl carbamates (subject to hydrolysis) is 1. The van der Waals surface area contributed by atoms with Crippen molar-refractivity contribution in [1.82, 2.24) is 5.32 Å². The zero-order valence-corrected chi connectivity index (χ0v) is 16.2. The fourth-order valence-electron chi connectivity index (χ4n) is 4.16. The summed E-state index contributed by atoms with van der Waals surface area (Å²) in [6.45, 7) is 0.319. The molecule has 3 aliphatic heterocycles. The molecule has 3 fully saturated rings. The van der Waals surface area contributed by atoms with Crippen LogP contribution in [0.1, 0.15) is 12.8 Å². The van der Waals surface area contributed by atoms with E-state index >= 15 is 0 Å². The van der Waals surface area contributed by atoms with Crippen LogP contribution in [0, 0.1) is 5.82 Å². The lowest BCUT2D eigenvalue weighted by Gasteiger charge is -2.36. The Morgan fingerprint density at radius 1 is 1.36 bits per heavy atom. The molecule has 1 aromatic rings. The molecule has 2 unspecified atom stereocenters. The number of rotatable bonds is 4. The van der Waals surface area contributed by atoms with Gasteiger partial charge >= 0.3 is 12.2 Å². The van der Waals surface area contributed by atoms with Crippen molar-refractivity contribution in [3.8, 4) is 0 Å². The summed E-state index contributed by atoms with van der Waals surface area (Å²) >= 11 is 0. The maximum atomic E-state index is 14.9. The van der Waals surface area contributed by atoms with Crippen molar-refractivity contribution in [1.29, 1.82) is 0 Å². The Kier molecular flexibility index (Phi) is 5.13. The first-order valence-corrected chi connectivity index (χ1v) is 10.7. The minimum Gasteiger partial charge on any atom is -0.453 e. The van der Waals surface area contributed by atoms with E-state index in [2.05, 4.69) is 10.1 Å². The van der Waals surface area contributed by atoms with Crippen LogP contribution in [0.25, 0.3) is 0 Å². The summed E-state index contributed by atoms with van der Waals surface area (Å²) < 4.78 is 36.5. The maximum absolute atomic E-state index is 14.9. The van der Waals surface area contributed by atoms with E-state index in [-0.39, 0.29) is 25.2 Å². The number of hydrogen-bond donors (Lipinski definition) is 1. The van der Waals surface area contributed by atoms with Gasteiger partial charge < -0.3 is 19.7 Å². The molecule has 3 saturated heterocycles. The highest BCUT2D eigenvalue weighted by atomic mass is 32.2. The van der Waals surface area contributed by atoms with Crippen molar-refractivity contribution >= 4 is 34.4 Å². The van der Waals surface area contributed by atoms with Gasteiger partial charge in [-0.15, -0.1) is 0 Å². The molecular weight excluding hydrogens is 389 g/mol. The van der Waals surface area contributed by atoms with Gasteiger partial charge in [0.05, 0.1) is 31.6 Å². The molecule has 10 heteroatoms. The smallest absolute Gasteiger partial charge is 0.414 e. The van der Waals surface area contributed by atoms with Gasteiger partial charge in [0.15, 0.2) is 0 Å². The zero-order valence-electron chi connectivity index (χ0n) is 15.4. The van der Waals surface area contributed by atoms with Crippen LogP contribution in [0.2, 0.25) is 0 Å². The lowest BCUT2D eigenvalue weighted by molar-refractivity contribution is 0.132. The van der Waals surface area contributed by atoms with Crippen molar-refractivity contribution in [3.05, 3.63) is 24.0 Å². The molecule has 3 heterocycles. The van der Waals surface area contributed by atoms with Crippen molar-refractivity contribution in [2.24, 2.45) is 0 Å². The van der Waals surface area contributed by atoms with Crippen LogP contribution in [-0.2, 0) is 20.3 Å². The number of ether oxygens (including phenoxy) is 2. The highest BCUT2D eigenvalue weighted by Gasteiger charge is 2.41. The van der Waals surface area contributed by atoms with E-state index in [0.717, 1.165) is 12.8 Å². The Bertz CT molecular complexity index is 806.